The fraction of sp³-hybridized carbons (Fsp3) is 0.278. The number of thioether (sulfide) groups is 7. The maximum atomic E-state index is 8.90. The van der Waals surface area contributed by atoms with Gasteiger partial charge < -0.3 is 4.90 Å². The second kappa shape index (κ2) is 10.8. The third kappa shape index (κ3) is 5.84. The van der Waals surface area contributed by atoms with Crippen molar-refractivity contribution in [3.63, 3.8) is 0 Å². The molecule has 0 radical (unpaired) electrons. The van der Waals surface area contributed by atoms with Crippen LogP contribution in [0.4, 0.5) is 5.69 Å². The first-order valence-electron chi connectivity index (χ1n) is 7.95. The molecule has 0 aromatic heterocycles. The van der Waals surface area contributed by atoms with Gasteiger partial charge >= 0.3 is 0 Å². The lowest BCUT2D eigenvalue weighted by Gasteiger charge is -2.19. The Labute approximate surface area is 191 Å². The molecule has 0 amide bonds. The van der Waals surface area contributed by atoms with Crippen LogP contribution in [0.2, 0.25) is 0 Å². The van der Waals surface area contributed by atoms with Crippen molar-refractivity contribution in [1.82, 2.24) is 0 Å². The Morgan fingerprint density at radius 1 is 1.00 bits per heavy atom. The largest absolute Gasteiger partial charge is 0.374 e. The standard InChI is InChI=1S/C18H18N2S7/c1-20(13-6-4-12(10-19)5-7-13)8-9-23-14-11-24-17(25-14)18-26-15(21-2)16(22-3)27-18/h4-7,11H,8-9H2,1-3H3. The Balaban J connectivity index is 1.46. The monoisotopic (exact) mass is 486 g/mol. The quantitative estimate of drug-likeness (QED) is 0.389. The van der Waals surface area contributed by atoms with Crippen LogP contribution < -0.4 is 4.90 Å². The van der Waals surface area contributed by atoms with Crippen LogP contribution in [0, 0.1) is 11.3 Å². The van der Waals surface area contributed by atoms with Gasteiger partial charge in [-0.15, -0.1) is 35.3 Å². The fourth-order valence-corrected chi connectivity index (χ4v) is 11.3. The van der Waals surface area contributed by atoms with Gasteiger partial charge in [0.1, 0.15) is 0 Å². The zero-order valence-corrected chi connectivity index (χ0v) is 20.8. The van der Waals surface area contributed by atoms with E-state index < -0.39 is 0 Å². The van der Waals surface area contributed by atoms with Crippen molar-refractivity contribution in [1.29, 1.82) is 5.26 Å². The molecule has 2 aliphatic rings. The summed E-state index contributed by atoms with van der Waals surface area (Å²) in [6.45, 7) is 0.976. The van der Waals surface area contributed by atoms with Crippen LogP contribution in [0.5, 0.6) is 0 Å². The van der Waals surface area contributed by atoms with Crippen molar-refractivity contribution in [3.8, 4) is 6.07 Å². The van der Waals surface area contributed by atoms with E-state index in [2.05, 4.69) is 35.9 Å². The summed E-state index contributed by atoms with van der Waals surface area (Å²) in [7, 11) is 2.10. The van der Waals surface area contributed by atoms with Crippen LogP contribution in [0.1, 0.15) is 5.56 Å². The molecule has 0 atom stereocenters. The predicted molar refractivity (Wildman–Crippen MR) is 136 cm³/mol. The third-order valence-corrected chi connectivity index (χ3v) is 13.1. The molecule has 2 heterocycles. The lowest BCUT2D eigenvalue weighted by molar-refractivity contribution is 0.978. The summed E-state index contributed by atoms with van der Waals surface area (Å²) in [6, 6.07) is 9.94. The van der Waals surface area contributed by atoms with Crippen LogP contribution >= 0.6 is 82.3 Å². The summed E-state index contributed by atoms with van der Waals surface area (Å²) in [5.41, 5.74) is 1.86. The van der Waals surface area contributed by atoms with E-state index in [1.54, 1.807) is 0 Å². The molecule has 0 unspecified atom stereocenters. The minimum absolute atomic E-state index is 0.707. The first kappa shape index (κ1) is 21.9. The molecule has 0 bridgehead atoms. The number of rotatable bonds is 7. The second-order valence-electron chi connectivity index (χ2n) is 5.35. The lowest BCUT2D eigenvalue weighted by atomic mass is 10.2. The van der Waals surface area contributed by atoms with E-state index in [0.29, 0.717) is 5.56 Å². The van der Waals surface area contributed by atoms with Gasteiger partial charge in [-0.25, -0.2) is 0 Å². The highest BCUT2D eigenvalue weighted by molar-refractivity contribution is 8.43. The normalized spacial score (nSPS) is 16.7. The molecule has 2 nitrogen and oxygen atoms in total. The molecule has 9 heteroatoms. The number of nitriles is 1. The molecule has 3 rings (SSSR count). The van der Waals surface area contributed by atoms with Crippen molar-refractivity contribution in [2.24, 2.45) is 0 Å². The first-order valence-corrected chi connectivity index (χ1v) is 14.7. The molecule has 1 aromatic carbocycles. The number of anilines is 1. The number of nitrogens with zero attached hydrogens (tertiary/aromatic N) is 2. The van der Waals surface area contributed by atoms with E-state index in [0.717, 1.165) is 18.0 Å². The molecule has 0 saturated heterocycles. The number of hydrogen-bond donors (Lipinski definition) is 0. The fourth-order valence-electron chi connectivity index (χ4n) is 2.20. The summed E-state index contributed by atoms with van der Waals surface area (Å²) in [5, 5.41) is 11.2. The van der Waals surface area contributed by atoms with Gasteiger partial charge in [0.05, 0.1) is 32.8 Å². The van der Waals surface area contributed by atoms with E-state index in [9.17, 15) is 0 Å². The minimum Gasteiger partial charge on any atom is -0.374 e. The van der Waals surface area contributed by atoms with Gasteiger partial charge in [0, 0.05) is 25.0 Å². The molecule has 0 N–H and O–H groups in total. The number of hydrogen-bond acceptors (Lipinski definition) is 9. The van der Waals surface area contributed by atoms with E-state index in [1.165, 1.54) is 21.2 Å². The van der Waals surface area contributed by atoms with Crippen molar-refractivity contribution >= 4 is 88.0 Å². The first-order chi connectivity index (χ1) is 13.1. The third-order valence-electron chi connectivity index (χ3n) is 3.64. The van der Waals surface area contributed by atoms with Crippen LogP contribution in [0.3, 0.4) is 0 Å². The van der Waals surface area contributed by atoms with E-state index in [-0.39, 0.29) is 0 Å². The van der Waals surface area contributed by atoms with Crippen LogP contribution in [0.15, 0.2) is 50.9 Å². The summed E-state index contributed by atoms with van der Waals surface area (Å²) in [5.74, 6) is 1.04. The summed E-state index contributed by atoms with van der Waals surface area (Å²) >= 11 is 13.2. The van der Waals surface area contributed by atoms with Gasteiger partial charge in [0.25, 0.3) is 0 Å². The van der Waals surface area contributed by atoms with Gasteiger partial charge in [-0.05, 0) is 42.2 Å². The van der Waals surface area contributed by atoms with Crippen molar-refractivity contribution in [2.75, 3.05) is 36.8 Å². The molecule has 2 aliphatic heterocycles. The molecule has 0 spiro atoms. The molecule has 0 fully saturated rings. The highest BCUT2D eigenvalue weighted by atomic mass is 32.3. The van der Waals surface area contributed by atoms with Crippen LogP contribution in [-0.2, 0) is 0 Å². The highest BCUT2D eigenvalue weighted by Gasteiger charge is 2.26. The zero-order valence-electron chi connectivity index (χ0n) is 15.1. The molecule has 27 heavy (non-hydrogen) atoms. The minimum atomic E-state index is 0.707. The average Bonchev–Trinajstić information content (AvgIpc) is 3.34. The Morgan fingerprint density at radius 2 is 1.67 bits per heavy atom. The average molecular weight is 487 g/mol. The summed E-state index contributed by atoms with van der Waals surface area (Å²) < 4.78 is 7.10. The maximum absolute atomic E-state index is 8.90. The maximum Gasteiger partial charge on any atom is 0.0991 e. The van der Waals surface area contributed by atoms with Gasteiger partial charge in [0.15, 0.2) is 0 Å². The topological polar surface area (TPSA) is 27.0 Å². The molecule has 0 aliphatic carbocycles. The molecular formula is C18H18N2S7. The molecule has 0 saturated carbocycles. The van der Waals surface area contributed by atoms with Gasteiger partial charge in [-0.3, -0.25) is 0 Å². The van der Waals surface area contributed by atoms with Crippen LogP contribution in [0.25, 0.3) is 0 Å². The molecule has 142 valence electrons. The summed E-state index contributed by atoms with van der Waals surface area (Å²) in [6.07, 6.45) is 4.32. The van der Waals surface area contributed by atoms with Crippen LogP contribution in [-0.4, -0.2) is 31.9 Å². The Bertz CT molecular complexity index is 803. The van der Waals surface area contributed by atoms with E-state index in [4.69, 9.17) is 5.26 Å². The smallest absolute Gasteiger partial charge is 0.0991 e. The van der Waals surface area contributed by atoms with E-state index >= 15 is 0 Å². The van der Waals surface area contributed by atoms with Crippen molar-refractivity contribution in [3.05, 3.63) is 56.4 Å². The van der Waals surface area contributed by atoms with Gasteiger partial charge in [-0.1, -0.05) is 47.0 Å². The lowest BCUT2D eigenvalue weighted by Crippen LogP contribution is -2.20. The summed E-state index contributed by atoms with van der Waals surface area (Å²) in [4.78, 5) is 2.24. The predicted octanol–water partition coefficient (Wildman–Crippen LogP) is 7.47. The van der Waals surface area contributed by atoms with E-state index in [1.807, 2.05) is 107 Å². The van der Waals surface area contributed by atoms with Crippen molar-refractivity contribution < 1.29 is 0 Å². The Hall–Kier alpha value is 0.180. The van der Waals surface area contributed by atoms with Gasteiger partial charge in [0.2, 0.25) is 0 Å². The second-order valence-corrected chi connectivity index (χ2v) is 13.4. The molecular weight excluding hydrogens is 469 g/mol. The number of benzene rings is 1. The zero-order chi connectivity index (χ0) is 19.2. The Morgan fingerprint density at radius 3 is 2.26 bits per heavy atom. The van der Waals surface area contributed by atoms with Gasteiger partial charge in [-0.2, -0.15) is 5.26 Å². The highest BCUT2D eigenvalue weighted by Crippen LogP contribution is 2.62. The SMILES string of the molecule is CSC1=C(SC)SC(=C2SC=C(SCCN(C)c3ccc(C#N)cc3)S2)S1. The Kier molecular flexibility index (Phi) is 8.76. The van der Waals surface area contributed by atoms with Crippen molar-refractivity contribution in [2.45, 2.75) is 0 Å². The molecule has 1 aromatic rings.